The molecule has 1 aliphatic heterocycles. The highest BCUT2D eigenvalue weighted by atomic mass is 35.5. The molecule has 4 rings (SSSR count). The third kappa shape index (κ3) is 4.29. The van der Waals surface area contributed by atoms with Crippen LogP contribution in [0.3, 0.4) is 0 Å². The van der Waals surface area contributed by atoms with Crippen LogP contribution in [0.4, 0.5) is 0 Å². The molecule has 0 spiro atoms. The SMILES string of the molecule is COc1cccc(C2=N[C@H](c3ccc(C)cc3)N[C@@H](c3cc(Cl)ccc3O)C2)c1. The zero-order valence-corrected chi connectivity index (χ0v) is 17.1. The lowest BCUT2D eigenvalue weighted by atomic mass is 9.93. The van der Waals surface area contributed by atoms with Crippen LogP contribution in [-0.2, 0) is 0 Å². The van der Waals surface area contributed by atoms with Gasteiger partial charge in [-0.2, -0.15) is 0 Å². The first-order valence-corrected chi connectivity index (χ1v) is 9.93. The number of aliphatic imine (C=N–C) groups is 1. The van der Waals surface area contributed by atoms with Crippen LogP contribution in [0.2, 0.25) is 5.02 Å². The fourth-order valence-electron chi connectivity index (χ4n) is 3.61. The van der Waals surface area contributed by atoms with Crippen molar-refractivity contribution in [1.29, 1.82) is 0 Å². The van der Waals surface area contributed by atoms with Gasteiger partial charge in [0.2, 0.25) is 0 Å². The van der Waals surface area contributed by atoms with E-state index in [0.29, 0.717) is 11.4 Å². The van der Waals surface area contributed by atoms with Crippen molar-refractivity contribution in [3.05, 3.63) is 94.0 Å². The molecule has 2 atom stereocenters. The maximum atomic E-state index is 10.5. The van der Waals surface area contributed by atoms with E-state index >= 15 is 0 Å². The molecule has 3 aromatic carbocycles. The number of phenols is 1. The van der Waals surface area contributed by atoms with Crippen LogP contribution in [0.5, 0.6) is 11.5 Å². The molecule has 0 aromatic heterocycles. The second-order valence-corrected chi connectivity index (χ2v) is 7.68. The van der Waals surface area contributed by atoms with Crippen molar-refractivity contribution in [2.75, 3.05) is 7.11 Å². The van der Waals surface area contributed by atoms with E-state index in [-0.39, 0.29) is 18.0 Å². The van der Waals surface area contributed by atoms with Crippen LogP contribution < -0.4 is 10.1 Å². The van der Waals surface area contributed by atoms with Crippen molar-refractivity contribution in [3.8, 4) is 11.5 Å². The number of benzene rings is 3. The quantitative estimate of drug-likeness (QED) is 0.594. The van der Waals surface area contributed by atoms with Gasteiger partial charge in [0.05, 0.1) is 7.11 Å². The topological polar surface area (TPSA) is 53.8 Å². The molecule has 5 heteroatoms. The average molecular weight is 407 g/mol. The summed E-state index contributed by atoms with van der Waals surface area (Å²) in [6.07, 6.45) is 0.401. The van der Waals surface area contributed by atoms with E-state index in [1.54, 1.807) is 19.2 Å². The minimum Gasteiger partial charge on any atom is -0.508 e. The van der Waals surface area contributed by atoms with Crippen molar-refractivity contribution in [3.63, 3.8) is 0 Å². The second kappa shape index (κ2) is 8.27. The van der Waals surface area contributed by atoms with Crippen LogP contribution in [0.15, 0.2) is 71.7 Å². The van der Waals surface area contributed by atoms with E-state index in [4.69, 9.17) is 21.3 Å². The van der Waals surface area contributed by atoms with Gasteiger partial charge in [0.1, 0.15) is 17.7 Å². The first-order chi connectivity index (χ1) is 14.0. The third-order valence-electron chi connectivity index (χ3n) is 5.20. The van der Waals surface area contributed by atoms with Crippen molar-refractivity contribution in [2.45, 2.75) is 25.6 Å². The minimum absolute atomic E-state index is 0.126. The number of hydrogen-bond acceptors (Lipinski definition) is 4. The van der Waals surface area contributed by atoms with Crippen LogP contribution in [0, 0.1) is 6.92 Å². The summed E-state index contributed by atoms with van der Waals surface area (Å²) in [7, 11) is 1.66. The lowest BCUT2D eigenvalue weighted by molar-refractivity contribution is 0.411. The van der Waals surface area contributed by atoms with E-state index in [1.165, 1.54) is 5.56 Å². The summed E-state index contributed by atoms with van der Waals surface area (Å²) in [5, 5.41) is 14.6. The molecule has 29 heavy (non-hydrogen) atoms. The maximum Gasteiger partial charge on any atom is 0.126 e. The molecule has 0 radical (unpaired) electrons. The number of halogens is 1. The summed E-state index contributed by atoms with van der Waals surface area (Å²) < 4.78 is 5.39. The van der Waals surface area contributed by atoms with E-state index < -0.39 is 0 Å². The molecular weight excluding hydrogens is 384 g/mol. The van der Waals surface area contributed by atoms with Crippen LogP contribution in [0.25, 0.3) is 0 Å². The summed E-state index contributed by atoms with van der Waals surface area (Å²) in [6, 6.07) is 21.3. The predicted molar refractivity (Wildman–Crippen MR) is 117 cm³/mol. The second-order valence-electron chi connectivity index (χ2n) is 7.25. The highest BCUT2D eigenvalue weighted by molar-refractivity contribution is 6.30. The molecule has 3 aromatic rings. The molecule has 0 amide bonds. The van der Waals surface area contributed by atoms with Gasteiger partial charge < -0.3 is 9.84 Å². The smallest absolute Gasteiger partial charge is 0.126 e. The Morgan fingerprint density at radius 3 is 2.62 bits per heavy atom. The normalized spacial score (nSPS) is 18.9. The predicted octanol–water partition coefficient (Wildman–Crippen LogP) is 5.59. The Kier molecular flexibility index (Phi) is 5.56. The summed E-state index contributed by atoms with van der Waals surface area (Å²) in [5.74, 6) is 1.01. The van der Waals surface area contributed by atoms with Gasteiger partial charge in [-0.15, -0.1) is 0 Å². The molecule has 1 heterocycles. The molecule has 0 saturated carbocycles. The lowest BCUT2D eigenvalue weighted by Gasteiger charge is -2.31. The Hall–Kier alpha value is -2.82. The van der Waals surface area contributed by atoms with Crippen molar-refractivity contribution < 1.29 is 9.84 Å². The summed E-state index contributed by atoms with van der Waals surface area (Å²) >= 11 is 6.21. The van der Waals surface area contributed by atoms with Gasteiger partial charge in [-0.1, -0.05) is 53.6 Å². The fourth-order valence-corrected chi connectivity index (χ4v) is 3.79. The maximum absolute atomic E-state index is 10.5. The number of phenolic OH excluding ortho intramolecular Hbond substituents is 1. The van der Waals surface area contributed by atoms with E-state index in [9.17, 15) is 5.11 Å². The van der Waals surface area contributed by atoms with Crippen molar-refractivity contribution in [2.24, 2.45) is 4.99 Å². The molecule has 2 N–H and O–H groups in total. The van der Waals surface area contributed by atoms with Gasteiger partial charge in [0, 0.05) is 28.8 Å². The number of ether oxygens (including phenoxy) is 1. The Morgan fingerprint density at radius 1 is 1.07 bits per heavy atom. The highest BCUT2D eigenvalue weighted by Crippen LogP contribution is 2.36. The zero-order valence-electron chi connectivity index (χ0n) is 16.4. The van der Waals surface area contributed by atoms with E-state index in [0.717, 1.165) is 28.2 Å². The Morgan fingerprint density at radius 2 is 1.86 bits per heavy atom. The van der Waals surface area contributed by atoms with Gasteiger partial charge >= 0.3 is 0 Å². The lowest BCUT2D eigenvalue weighted by Crippen LogP contribution is -2.33. The van der Waals surface area contributed by atoms with Crippen molar-refractivity contribution in [1.82, 2.24) is 5.32 Å². The van der Waals surface area contributed by atoms with Crippen LogP contribution in [0.1, 0.15) is 40.9 Å². The first kappa shape index (κ1) is 19.5. The highest BCUT2D eigenvalue weighted by Gasteiger charge is 2.28. The molecular formula is C24H23ClN2O2. The number of rotatable bonds is 4. The Balaban J connectivity index is 1.77. The molecule has 0 bridgehead atoms. The monoisotopic (exact) mass is 406 g/mol. The fraction of sp³-hybridized carbons (Fsp3) is 0.208. The van der Waals surface area contributed by atoms with Crippen LogP contribution >= 0.6 is 11.6 Å². The number of nitrogens with one attached hydrogen (secondary N) is 1. The summed E-state index contributed by atoms with van der Waals surface area (Å²) in [6.45, 7) is 2.07. The van der Waals surface area contributed by atoms with Gasteiger partial charge in [0.15, 0.2) is 0 Å². The minimum atomic E-state index is -0.228. The van der Waals surface area contributed by atoms with Gasteiger partial charge in [0.25, 0.3) is 0 Å². The van der Waals surface area contributed by atoms with Crippen LogP contribution in [-0.4, -0.2) is 17.9 Å². The van der Waals surface area contributed by atoms with E-state index in [2.05, 4.69) is 36.5 Å². The van der Waals surface area contributed by atoms with E-state index in [1.807, 2.05) is 30.3 Å². The molecule has 0 aliphatic carbocycles. The number of nitrogens with zero attached hydrogens (tertiary/aromatic N) is 1. The summed E-state index contributed by atoms with van der Waals surface area (Å²) in [4.78, 5) is 4.99. The van der Waals surface area contributed by atoms with Gasteiger partial charge in [-0.3, -0.25) is 10.3 Å². The Labute approximate surface area is 175 Å². The molecule has 4 nitrogen and oxygen atoms in total. The molecule has 1 aliphatic rings. The van der Waals surface area contributed by atoms with Crippen molar-refractivity contribution >= 4 is 17.3 Å². The van der Waals surface area contributed by atoms with Gasteiger partial charge in [-0.05, 0) is 48.4 Å². The molecule has 0 unspecified atom stereocenters. The molecule has 0 fully saturated rings. The summed E-state index contributed by atoms with van der Waals surface area (Å²) in [5.41, 5.74) is 5.00. The zero-order chi connectivity index (χ0) is 20.4. The molecule has 0 saturated heterocycles. The standard InChI is InChI=1S/C24H23ClN2O2/c1-15-6-8-16(9-7-15)24-26-21(17-4-3-5-19(12-17)29-2)14-22(27-24)20-13-18(25)10-11-23(20)28/h3-13,22,24,27-28H,14H2,1-2H3/t22-,24+/m1/s1. The largest absolute Gasteiger partial charge is 0.508 e. The number of aryl methyl sites for hydroxylation is 1. The Bertz CT molecular complexity index is 1050. The number of hydrogen-bond donors (Lipinski definition) is 2. The molecule has 148 valence electrons. The average Bonchev–Trinajstić information content (AvgIpc) is 2.75. The number of methoxy groups -OCH3 is 1. The number of aromatic hydroxyl groups is 1. The third-order valence-corrected chi connectivity index (χ3v) is 5.44. The van der Waals surface area contributed by atoms with Gasteiger partial charge in [-0.25, -0.2) is 0 Å². The first-order valence-electron chi connectivity index (χ1n) is 9.55.